The maximum absolute atomic E-state index is 6.29. The Labute approximate surface area is 135 Å². The topological polar surface area (TPSA) is 37.8 Å². The van der Waals surface area contributed by atoms with E-state index in [0.717, 1.165) is 29.4 Å². The minimum atomic E-state index is -0.140. The third-order valence-corrected chi connectivity index (χ3v) is 3.51. The lowest BCUT2D eigenvalue weighted by molar-refractivity contribution is 0.546. The molecule has 112 valence electrons. The molecule has 0 spiro atoms. The summed E-state index contributed by atoms with van der Waals surface area (Å²) in [5.41, 5.74) is 1.51. The van der Waals surface area contributed by atoms with Gasteiger partial charge in [0, 0.05) is 28.6 Å². The highest BCUT2D eigenvalue weighted by Crippen LogP contribution is 2.31. The monoisotopic (exact) mass is 323 g/mol. The van der Waals surface area contributed by atoms with Gasteiger partial charge < -0.3 is 5.32 Å². The van der Waals surface area contributed by atoms with E-state index in [1.807, 2.05) is 25.1 Å². The van der Waals surface area contributed by atoms with Gasteiger partial charge in [-0.05, 0) is 25.1 Å². The number of nitrogens with zero attached hydrogens (tertiary/aromatic N) is 2. The van der Waals surface area contributed by atoms with Gasteiger partial charge in [0.05, 0.1) is 10.7 Å². The van der Waals surface area contributed by atoms with Crippen LogP contribution in [-0.4, -0.2) is 16.5 Å². The summed E-state index contributed by atoms with van der Waals surface area (Å²) in [6.45, 7) is 9.10. The molecule has 1 aromatic carbocycles. The molecule has 0 aliphatic rings. The highest BCUT2D eigenvalue weighted by Gasteiger charge is 2.20. The molecule has 0 fully saturated rings. The van der Waals surface area contributed by atoms with Crippen molar-refractivity contribution in [2.75, 3.05) is 11.9 Å². The molecule has 21 heavy (non-hydrogen) atoms. The van der Waals surface area contributed by atoms with Crippen molar-refractivity contribution >= 4 is 29.0 Å². The van der Waals surface area contributed by atoms with Crippen LogP contribution in [0.4, 0.5) is 5.82 Å². The minimum absolute atomic E-state index is 0.140. The second kappa shape index (κ2) is 6.20. The van der Waals surface area contributed by atoms with Gasteiger partial charge in [0.25, 0.3) is 0 Å². The van der Waals surface area contributed by atoms with Crippen LogP contribution >= 0.6 is 23.2 Å². The number of halogens is 2. The van der Waals surface area contributed by atoms with Gasteiger partial charge in [-0.3, -0.25) is 0 Å². The van der Waals surface area contributed by atoms with E-state index >= 15 is 0 Å². The Kier molecular flexibility index (Phi) is 4.74. The minimum Gasteiger partial charge on any atom is -0.370 e. The van der Waals surface area contributed by atoms with E-state index in [1.165, 1.54) is 0 Å². The molecule has 0 amide bonds. The van der Waals surface area contributed by atoms with Gasteiger partial charge >= 0.3 is 0 Å². The Morgan fingerprint density at radius 1 is 1.10 bits per heavy atom. The summed E-state index contributed by atoms with van der Waals surface area (Å²) < 4.78 is 0. The van der Waals surface area contributed by atoms with Gasteiger partial charge in [0.15, 0.2) is 0 Å². The first kappa shape index (κ1) is 16.1. The average molecular weight is 324 g/mol. The van der Waals surface area contributed by atoms with Crippen LogP contribution in [0.5, 0.6) is 0 Å². The Balaban J connectivity index is 2.59. The standard InChI is InChI=1S/C16H19Cl2N3/c1-5-19-14-9-13(20-15(21-14)16(2,3)4)11-7-6-10(17)8-12(11)18/h6-9H,5H2,1-4H3,(H,19,20,21). The molecule has 0 saturated heterocycles. The van der Waals surface area contributed by atoms with Crippen molar-refractivity contribution in [2.45, 2.75) is 33.1 Å². The molecule has 5 heteroatoms. The van der Waals surface area contributed by atoms with Crippen molar-refractivity contribution in [3.05, 3.63) is 40.1 Å². The van der Waals surface area contributed by atoms with Gasteiger partial charge in [-0.1, -0.05) is 44.0 Å². The van der Waals surface area contributed by atoms with E-state index in [9.17, 15) is 0 Å². The second-order valence-corrected chi connectivity index (χ2v) is 6.71. The van der Waals surface area contributed by atoms with Crippen LogP contribution in [-0.2, 0) is 5.41 Å². The lowest BCUT2D eigenvalue weighted by Gasteiger charge is -2.19. The lowest BCUT2D eigenvalue weighted by Crippen LogP contribution is -2.17. The summed E-state index contributed by atoms with van der Waals surface area (Å²) in [5, 5.41) is 4.44. The summed E-state index contributed by atoms with van der Waals surface area (Å²) in [7, 11) is 0. The Morgan fingerprint density at radius 3 is 2.38 bits per heavy atom. The van der Waals surface area contributed by atoms with Crippen molar-refractivity contribution in [1.29, 1.82) is 0 Å². The average Bonchev–Trinajstić information content (AvgIpc) is 2.37. The van der Waals surface area contributed by atoms with E-state index < -0.39 is 0 Å². The van der Waals surface area contributed by atoms with E-state index in [-0.39, 0.29) is 5.41 Å². The van der Waals surface area contributed by atoms with Crippen LogP contribution in [0, 0.1) is 0 Å². The molecular formula is C16H19Cl2N3. The molecule has 0 unspecified atom stereocenters. The largest absolute Gasteiger partial charge is 0.370 e. The summed E-state index contributed by atoms with van der Waals surface area (Å²) >= 11 is 12.3. The summed E-state index contributed by atoms with van der Waals surface area (Å²) in [6, 6.07) is 7.34. The second-order valence-electron chi connectivity index (χ2n) is 5.87. The third-order valence-electron chi connectivity index (χ3n) is 2.96. The van der Waals surface area contributed by atoms with E-state index in [1.54, 1.807) is 6.07 Å². The zero-order valence-corrected chi connectivity index (χ0v) is 14.2. The molecular weight excluding hydrogens is 305 g/mol. The maximum Gasteiger partial charge on any atom is 0.136 e. The smallest absolute Gasteiger partial charge is 0.136 e. The molecule has 2 rings (SSSR count). The fourth-order valence-electron chi connectivity index (χ4n) is 1.89. The first-order valence-corrected chi connectivity index (χ1v) is 7.65. The van der Waals surface area contributed by atoms with Crippen molar-refractivity contribution in [3.63, 3.8) is 0 Å². The Morgan fingerprint density at radius 2 is 1.81 bits per heavy atom. The molecule has 1 aromatic heterocycles. The fraction of sp³-hybridized carbons (Fsp3) is 0.375. The molecule has 3 nitrogen and oxygen atoms in total. The number of rotatable bonds is 3. The molecule has 0 saturated carbocycles. The van der Waals surface area contributed by atoms with E-state index in [2.05, 4.69) is 36.1 Å². The van der Waals surface area contributed by atoms with Crippen molar-refractivity contribution in [1.82, 2.24) is 9.97 Å². The number of benzene rings is 1. The quantitative estimate of drug-likeness (QED) is 0.845. The normalized spacial score (nSPS) is 11.5. The Bertz CT molecular complexity index is 648. The molecule has 1 heterocycles. The lowest BCUT2D eigenvalue weighted by atomic mass is 9.95. The van der Waals surface area contributed by atoms with Gasteiger partial charge in [-0.2, -0.15) is 0 Å². The number of anilines is 1. The van der Waals surface area contributed by atoms with Crippen LogP contribution in [0.1, 0.15) is 33.5 Å². The SMILES string of the molecule is CCNc1cc(-c2ccc(Cl)cc2Cl)nc(C(C)(C)C)n1. The molecule has 0 bridgehead atoms. The van der Waals surface area contributed by atoms with Gasteiger partial charge in [-0.15, -0.1) is 0 Å². The van der Waals surface area contributed by atoms with Crippen molar-refractivity contribution in [2.24, 2.45) is 0 Å². The molecule has 0 aliphatic carbocycles. The van der Waals surface area contributed by atoms with Crippen LogP contribution in [0.2, 0.25) is 10.0 Å². The number of hydrogen-bond acceptors (Lipinski definition) is 3. The van der Waals surface area contributed by atoms with Gasteiger partial charge in [0.1, 0.15) is 11.6 Å². The summed E-state index contributed by atoms with van der Waals surface area (Å²) in [4.78, 5) is 9.24. The Hall–Kier alpha value is -1.32. The molecule has 0 aliphatic heterocycles. The zero-order chi connectivity index (χ0) is 15.6. The third kappa shape index (κ3) is 3.86. The van der Waals surface area contributed by atoms with Crippen LogP contribution in [0.15, 0.2) is 24.3 Å². The van der Waals surface area contributed by atoms with E-state index in [0.29, 0.717) is 10.0 Å². The number of aromatic nitrogens is 2. The first-order valence-electron chi connectivity index (χ1n) is 6.90. The van der Waals surface area contributed by atoms with Crippen molar-refractivity contribution in [3.8, 4) is 11.3 Å². The highest BCUT2D eigenvalue weighted by atomic mass is 35.5. The zero-order valence-electron chi connectivity index (χ0n) is 12.7. The number of hydrogen-bond donors (Lipinski definition) is 1. The highest BCUT2D eigenvalue weighted by molar-refractivity contribution is 6.36. The molecule has 0 radical (unpaired) electrons. The fourth-order valence-corrected chi connectivity index (χ4v) is 2.39. The molecule has 0 atom stereocenters. The van der Waals surface area contributed by atoms with E-state index in [4.69, 9.17) is 23.2 Å². The van der Waals surface area contributed by atoms with Crippen LogP contribution in [0.25, 0.3) is 11.3 Å². The van der Waals surface area contributed by atoms with Gasteiger partial charge in [-0.25, -0.2) is 9.97 Å². The van der Waals surface area contributed by atoms with Crippen LogP contribution < -0.4 is 5.32 Å². The summed E-state index contributed by atoms with van der Waals surface area (Å²) in [5.74, 6) is 1.58. The first-order chi connectivity index (χ1) is 9.81. The number of nitrogens with one attached hydrogen (secondary N) is 1. The van der Waals surface area contributed by atoms with Crippen LogP contribution in [0.3, 0.4) is 0 Å². The molecule has 1 N–H and O–H groups in total. The van der Waals surface area contributed by atoms with Gasteiger partial charge in [0.2, 0.25) is 0 Å². The predicted octanol–water partition coefficient (Wildman–Crippen LogP) is 5.18. The molecule has 2 aromatic rings. The maximum atomic E-state index is 6.29. The summed E-state index contributed by atoms with van der Waals surface area (Å²) in [6.07, 6.45) is 0. The predicted molar refractivity (Wildman–Crippen MR) is 90.4 cm³/mol. The van der Waals surface area contributed by atoms with Crippen molar-refractivity contribution < 1.29 is 0 Å².